The molecule has 0 fully saturated rings. The van der Waals surface area contributed by atoms with E-state index in [0.717, 1.165) is 0 Å². The third-order valence-electron chi connectivity index (χ3n) is 2.30. The minimum absolute atomic E-state index is 0.161. The maximum atomic E-state index is 13.5. The molecule has 0 atom stereocenters. The molecule has 0 saturated carbocycles. The Bertz CT molecular complexity index is 564. The fourth-order valence-corrected chi connectivity index (χ4v) is 1.45. The third kappa shape index (κ3) is 2.85. The van der Waals surface area contributed by atoms with Crippen LogP contribution in [0.5, 0.6) is 0 Å². The molecule has 0 spiro atoms. The third-order valence-corrected chi connectivity index (χ3v) is 2.30. The summed E-state index contributed by atoms with van der Waals surface area (Å²) in [6, 6.07) is 0.399. The van der Waals surface area contributed by atoms with Crippen LogP contribution in [0.2, 0.25) is 0 Å². The molecule has 1 rings (SSSR count). The fourth-order valence-electron chi connectivity index (χ4n) is 1.45. The van der Waals surface area contributed by atoms with Crippen molar-refractivity contribution >= 4 is 11.6 Å². The van der Waals surface area contributed by atoms with Gasteiger partial charge in [0.25, 0.3) is 11.6 Å². The lowest BCUT2D eigenvalue weighted by molar-refractivity contribution is -0.385. The molecule has 1 radical (unpaired) electrons. The summed E-state index contributed by atoms with van der Waals surface area (Å²) in [7, 11) is 0. The molecule has 1 aromatic rings. The van der Waals surface area contributed by atoms with Gasteiger partial charge < -0.3 is 10.8 Å². The summed E-state index contributed by atoms with van der Waals surface area (Å²) >= 11 is 0. The number of nitrogens with zero attached hydrogens (tertiary/aromatic N) is 1. The first-order valence-electron chi connectivity index (χ1n) is 4.91. The number of halogens is 4. The molecule has 0 aliphatic rings. The van der Waals surface area contributed by atoms with E-state index in [2.05, 4.69) is 5.73 Å². The zero-order chi connectivity index (χ0) is 15.7. The number of aliphatic hydroxyl groups excluding tert-OH is 1. The van der Waals surface area contributed by atoms with Crippen LogP contribution in [-0.2, 0) is 4.79 Å². The Morgan fingerprint density at radius 2 is 1.95 bits per heavy atom. The minimum Gasteiger partial charge on any atom is -0.390 e. The topological polar surface area (TPSA) is 106 Å². The van der Waals surface area contributed by atoms with Crippen LogP contribution >= 0.6 is 0 Å². The van der Waals surface area contributed by atoms with Crippen molar-refractivity contribution < 1.29 is 32.4 Å². The lowest BCUT2D eigenvalue weighted by atomic mass is 9.91. The Balaban J connectivity index is 3.56. The normalized spacial score (nSPS) is 11.7. The fraction of sp³-hybridized carbons (Fsp3) is 0.200. The summed E-state index contributed by atoms with van der Waals surface area (Å²) in [6.45, 7) is -1.91. The van der Waals surface area contributed by atoms with Gasteiger partial charge in [0.05, 0.1) is 11.0 Å². The maximum absolute atomic E-state index is 13.5. The van der Waals surface area contributed by atoms with Crippen molar-refractivity contribution in [3.63, 3.8) is 0 Å². The van der Waals surface area contributed by atoms with E-state index in [4.69, 9.17) is 5.11 Å². The number of hydrogen-bond acceptors (Lipinski definition) is 4. The average Bonchev–Trinajstić information content (AvgIpc) is 2.33. The van der Waals surface area contributed by atoms with Gasteiger partial charge in [-0.25, -0.2) is 17.6 Å². The van der Waals surface area contributed by atoms with Crippen LogP contribution in [0.15, 0.2) is 12.1 Å². The van der Waals surface area contributed by atoms with E-state index in [9.17, 15) is 32.5 Å². The summed E-state index contributed by atoms with van der Waals surface area (Å²) in [6.07, 6.45) is 0. The number of benzene rings is 1. The van der Waals surface area contributed by atoms with E-state index in [1.54, 1.807) is 0 Å². The smallest absolute Gasteiger partial charge is 0.290 e. The Hall–Kier alpha value is -2.23. The van der Waals surface area contributed by atoms with Crippen LogP contribution in [0.4, 0.5) is 23.2 Å². The molecule has 0 aromatic heterocycles. The molecule has 1 aromatic carbocycles. The highest BCUT2D eigenvalue weighted by Gasteiger charge is 2.47. The van der Waals surface area contributed by atoms with E-state index in [1.165, 1.54) is 0 Å². The Kier molecular flexibility index (Phi) is 4.28. The summed E-state index contributed by atoms with van der Waals surface area (Å²) in [5.74, 6) is -11.6. The molecule has 0 aliphatic heterocycles. The first-order chi connectivity index (χ1) is 9.11. The van der Waals surface area contributed by atoms with Gasteiger partial charge in [0.2, 0.25) is 5.91 Å². The standard InChI is InChI=1S/C10H7F4N2O4/c11-6-2-4(16(19)20)1-5(8(6)12)7(9(15)18)10(13,14)3-17/h1-2,17H,3H2,(H2,15,18). The summed E-state index contributed by atoms with van der Waals surface area (Å²) in [5, 5.41) is 19.0. The highest BCUT2D eigenvalue weighted by Crippen LogP contribution is 2.36. The van der Waals surface area contributed by atoms with E-state index in [0.29, 0.717) is 0 Å². The predicted molar refractivity (Wildman–Crippen MR) is 56.6 cm³/mol. The highest BCUT2D eigenvalue weighted by atomic mass is 19.3. The van der Waals surface area contributed by atoms with E-state index in [1.807, 2.05) is 0 Å². The van der Waals surface area contributed by atoms with Gasteiger partial charge in [-0.1, -0.05) is 0 Å². The quantitative estimate of drug-likeness (QED) is 0.478. The van der Waals surface area contributed by atoms with Crippen molar-refractivity contribution in [1.82, 2.24) is 0 Å². The lowest BCUT2D eigenvalue weighted by Gasteiger charge is -2.22. The predicted octanol–water partition coefficient (Wildman–Crippen LogP) is 0.908. The molecule has 1 amide bonds. The number of nitro benzene ring substituents is 1. The van der Waals surface area contributed by atoms with Crippen LogP contribution in [0, 0.1) is 27.7 Å². The number of hydrogen-bond donors (Lipinski definition) is 2. The number of aliphatic hydroxyl groups is 1. The zero-order valence-corrected chi connectivity index (χ0v) is 9.57. The second-order valence-electron chi connectivity index (χ2n) is 3.65. The van der Waals surface area contributed by atoms with Gasteiger partial charge in [-0.3, -0.25) is 14.9 Å². The molecule has 0 saturated heterocycles. The second kappa shape index (κ2) is 5.41. The van der Waals surface area contributed by atoms with Crippen molar-refractivity contribution in [2.45, 2.75) is 5.92 Å². The molecule has 20 heavy (non-hydrogen) atoms. The van der Waals surface area contributed by atoms with Crippen molar-refractivity contribution in [2.75, 3.05) is 6.61 Å². The largest absolute Gasteiger partial charge is 0.390 e. The SMILES string of the molecule is NC(=O)[C](c1cc([N+](=O)[O-])cc(F)c1F)C(F)(F)CO. The minimum atomic E-state index is -4.28. The van der Waals surface area contributed by atoms with Gasteiger partial charge in [-0.05, 0) is 0 Å². The maximum Gasteiger partial charge on any atom is 0.290 e. The van der Waals surface area contributed by atoms with Gasteiger partial charge in [-0.15, -0.1) is 0 Å². The van der Waals surface area contributed by atoms with E-state index in [-0.39, 0.29) is 12.1 Å². The number of non-ortho nitro benzene ring substituents is 1. The molecule has 0 bridgehead atoms. The summed E-state index contributed by atoms with van der Waals surface area (Å²) < 4.78 is 53.3. The number of alkyl halides is 2. The van der Waals surface area contributed by atoms with Crippen LogP contribution in [0.3, 0.4) is 0 Å². The van der Waals surface area contributed by atoms with Gasteiger partial charge in [0.1, 0.15) is 6.61 Å². The number of rotatable bonds is 5. The zero-order valence-electron chi connectivity index (χ0n) is 9.57. The first-order valence-corrected chi connectivity index (χ1v) is 4.91. The number of nitrogens with two attached hydrogens (primary N) is 1. The van der Waals surface area contributed by atoms with Crippen molar-refractivity contribution in [1.29, 1.82) is 0 Å². The Labute approximate surface area is 109 Å². The molecular weight excluding hydrogens is 288 g/mol. The molecule has 0 heterocycles. The highest BCUT2D eigenvalue weighted by molar-refractivity contribution is 5.94. The molecule has 0 unspecified atom stereocenters. The molecule has 6 nitrogen and oxygen atoms in total. The van der Waals surface area contributed by atoms with Crippen LogP contribution in [0.1, 0.15) is 5.56 Å². The number of amides is 1. The second-order valence-corrected chi connectivity index (χ2v) is 3.65. The van der Waals surface area contributed by atoms with E-state index < -0.39 is 52.2 Å². The number of nitro groups is 1. The molecule has 3 N–H and O–H groups in total. The van der Waals surface area contributed by atoms with Gasteiger partial charge in [0.15, 0.2) is 17.6 Å². The van der Waals surface area contributed by atoms with Crippen molar-refractivity contribution in [3.05, 3.63) is 45.4 Å². The number of carbonyl (C=O) groups is 1. The van der Waals surface area contributed by atoms with Crippen LogP contribution < -0.4 is 5.73 Å². The number of primary amides is 1. The van der Waals surface area contributed by atoms with Crippen molar-refractivity contribution in [3.8, 4) is 0 Å². The van der Waals surface area contributed by atoms with E-state index >= 15 is 0 Å². The van der Waals surface area contributed by atoms with Gasteiger partial charge >= 0.3 is 0 Å². The van der Waals surface area contributed by atoms with Gasteiger partial charge in [0, 0.05) is 11.6 Å². The Morgan fingerprint density at radius 1 is 1.40 bits per heavy atom. The molecule has 109 valence electrons. The molecule has 0 aliphatic carbocycles. The number of carbonyl (C=O) groups excluding carboxylic acids is 1. The monoisotopic (exact) mass is 295 g/mol. The molecular formula is C10H7F4N2O4. The van der Waals surface area contributed by atoms with Crippen LogP contribution in [-0.4, -0.2) is 28.5 Å². The lowest BCUT2D eigenvalue weighted by Crippen LogP contribution is -2.40. The summed E-state index contributed by atoms with van der Waals surface area (Å²) in [5.41, 5.74) is 2.23. The molecule has 10 heteroatoms. The van der Waals surface area contributed by atoms with Crippen LogP contribution in [0.25, 0.3) is 0 Å². The Morgan fingerprint density at radius 3 is 2.35 bits per heavy atom. The first kappa shape index (κ1) is 15.8. The summed E-state index contributed by atoms with van der Waals surface area (Å²) in [4.78, 5) is 20.3. The average molecular weight is 295 g/mol. The van der Waals surface area contributed by atoms with Gasteiger partial charge in [-0.2, -0.15) is 0 Å². The van der Waals surface area contributed by atoms with Crippen molar-refractivity contribution in [2.24, 2.45) is 5.73 Å².